The van der Waals surface area contributed by atoms with Gasteiger partial charge in [-0.3, -0.25) is 0 Å². The summed E-state index contributed by atoms with van der Waals surface area (Å²) in [7, 11) is 1.64. The summed E-state index contributed by atoms with van der Waals surface area (Å²) in [5.74, 6) is 1.36. The Hall–Kier alpha value is -1.77. The third kappa shape index (κ3) is 3.60. The summed E-state index contributed by atoms with van der Waals surface area (Å²) in [4.78, 5) is 11.9. The highest BCUT2D eigenvalue weighted by Gasteiger charge is 2.15. The van der Waals surface area contributed by atoms with E-state index in [-0.39, 0.29) is 11.9 Å². The molecule has 0 spiro atoms. The lowest BCUT2D eigenvalue weighted by molar-refractivity contribution is -0.130. The molecule has 1 aromatic rings. The van der Waals surface area contributed by atoms with Crippen LogP contribution in [0.4, 0.5) is 0 Å². The predicted molar refractivity (Wildman–Crippen MR) is 76.9 cm³/mol. The van der Waals surface area contributed by atoms with E-state index in [0.717, 1.165) is 16.9 Å². The molecule has 0 unspecified atom stereocenters. The molecule has 1 aromatic carbocycles. The van der Waals surface area contributed by atoms with E-state index in [2.05, 4.69) is 13.8 Å². The fourth-order valence-corrected chi connectivity index (χ4v) is 1.74. The molecule has 0 saturated heterocycles. The van der Waals surface area contributed by atoms with Gasteiger partial charge in [0.05, 0.1) is 7.11 Å². The third-order valence-electron chi connectivity index (χ3n) is 3.11. The summed E-state index contributed by atoms with van der Waals surface area (Å²) in [5, 5.41) is 0. The molecular weight excluding hydrogens is 240 g/mol. The van der Waals surface area contributed by atoms with Gasteiger partial charge in [0, 0.05) is 11.1 Å². The van der Waals surface area contributed by atoms with Gasteiger partial charge in [0.2, 0.25) is 0 Å². The number of aryl methyl sites for hydroxylation is 1. The van der Waals surface area contributed by atoms with E-state index < -0.39 is 0 Å². The summed E-state index contributed by atoms with van der Waals surface area (Å²) < 4.78 is 10.8. The molecule has 0 aliphatic carbocycles. The summed E-state index contributed by atoms with van der Waals surface area (Å²) in [6, 6.07) is 3.79. The van der Waals surface area contributed by atoms with Crippen molar-refractivity contribution in [1.29, 1.82) is 0 Å². The molecule has 0 atom stereocenters. The largest absolute Gasteiger partial charge is 0.496 e. The number of benzene rings is 1. The highest BCUT2D eigenvalue weighted by molar-refractivity contribution is 5.89. The van der Waals surface area contributed by atoms with Crippen molar-refractivity contribution in [1.82, 2.24) is 0 Å². The molecule has 19 heavy (non-hydrogen) atoms. The molecule has 0 radical (unpaired) electrons. The highest BCUT2D eigenvalue weighted by Crippen LogP contribution is 2.33. The normalized spacial score (nSPS) is 11.6. The van der Waals surface area contributed by atoms with E-state index in [0.29, 0.717) is 11.3 Å². The number of hydrogen-bond donors (Lipinski definition) is 0. The van der Waals surface area contributed by atoms with Crippen molar-refractivity contribution in [2.45, 2.75) is 40.5 Å². The number of carbonyl (C=O) groups is 1. The van der Waals surface area contributed by atoms with Gasteiger partial charge in [0.25, 0.3) is 0 Å². The molecule has 0 aliphatic heterocycles. The number of hydrogen-bond acceptors (Lipinski definition) is 3. The van der Waals surface area contributed by atoms with Crippen LogP contribution in [0, 0.1) is 6.92 Å². The molecule has 0 bridgehead atoms. The van der Waals surface area contributed by atoms with Gasteiger partial charge in [0.1, 0.15) is 11.5 Å². The van der Waals surface area contributed by atoms with Crippen LogP contribution >= 0.6 is 0 Å². The summed E-state index contributed by atoms with van der Waals surface area (Å²) in [5.41, 5.74) is 2.52. The zero-order chi connectivity index (χ0) is 14.6. The maximum Gasteiger partial charge on any atom is 0.338 e. The van der Waals surface area contributed by atoms with Crippen molar-refractivity contribution >= 4 is 5.97 Å². The molecule has 0 amide bonds. The van der Waals surface area contributed by atoms with Gasteiger partial charge in [-0.15, -0.1) is 0 Å². The Labute approximate surface area is 115 Å². The molecular formula is C16H22O3. The Bertz CT molecular complexity index is 499. The molecule has 0 fully saturated rings. The molecule has 1 rings (SSSR count). The van der Waals surface area contributed by atoms with Gasteiger partial charge in [-0.1, -0.05) is 19.9 Å². The fraction of sp³-hybridized carbons (Fsp3) is 0.438. The van der Waals surface area contributed by atoms with Gasteiger partial charge in [-0.05, 0) is 44.4 Å². The van der Waals surface area contributed by atoms with E-state index in [1.807, 2.05) is 26.0 Å². The average Bonchev–Trinajstić information content (AvgIpc) is 2.37. The summed E-state index contributed by atoms with van der Waals surface area (Å²) in [6.07, 6.45) is 1.74. The first-order valence-electron chi connectivity index (χ1n) is 6.44. The lowest BCUT2D eigenvalue weighted by atomic mass is 9.99. The maximum atomic E-state index is 11.9. The smallest absolute Gasteiger partial charge is 0.338 e. The van der Waals surface area contributed by atoms with Gasteiger partial charge in [-0.2, -0.15) is 0 Å². The Morgan fingerprint density at radius 2 is 1.89 bits per heavy atom. The number of carbonyl (C=O) groups excluding carboxylic acids is 1. The second kappa shape index (κ2) is 6.41. The van der Waals surface area contributed by atoms with Crippen LogP contribution in [0.25, 0.3) is 0 Å². The van der Waals surface area contributed by atoms with Crippen LogP contribution in [0.3, 0.4) is 0 Å². The molecule has 0 saturated carbocycles. The van der Waals surface area contributed by atoms with Crippen molar-refractivity contribution in [3.05, 3.63) is 34.9 Å². The second-order valence-electron chi connectivity index (χ2n) is 4.88. The number of methoxy groups -OCH3 is 1. The van der Waals surface area contributed by atoms with Crippen LogP contribution < -0.4 is 9.47 Å². The van der Waals surface area contributed by atoms with Crippen LogP contribution in [-0.2, 0) is 4.79 Å². The topological polar surface area (TPSA) is 35.5 Å². The molecule has 0 N–H and O–H groups in total. The Balaban J connectivity index is 3.19. The number of ether oxygens (including phenoxy) is 2. The zero-order valence-corrected chi connectivity index (χ0v) is 12.5. The van der Waals surface area contributed by atoms with E-state index in [1.165, 1.54) is 0 Å². The van der Waals surface area contributed by atoms with Crippen molar-refractivity contribution in [2.75, 3.05) is 7.11 Å². The summed E-state index contributed by atoms with van der Waals surface area (Å²) in [6.45, 7) is 9.61. The maximum absolute atomic E-state index is 11.9. The van der Waals surface area contributed by atoms with E-state index in [1.54, 1.807) is 20.1 Å². The molecule has 0 aromatic heterocycles. The first kappa shape index (κ1) is 15.3. The monoisotopic (exact) mass is 262 g/mol. The average molecular weight is 262 g/mol. The SMILES string of the molecule is C/C=C(\C)C(=O)Oc1cc(C)c(OC)cc1C(C)C. The molecule has 3 heteroatoms. The molecule has 104 valence electrons. The third-order valence-corrected chi connectivity index (χ3v) is 3.11. The lowest BCUT2D eigenvalue weighted by Gasteiger charge is -2.16. The van der Waals surface area contributed by atoms with Crippen molar-refractivity contribution in [2.24, 2.45) is 0 Å². The minimum Gasteiger partial charge on any atom is -0.496 e. The van der Waals surface area contributed by atoms with Gasteiger partial charge >= 0.3 is 5.97 Å². The molecule has 0 heterocycles. The zero-order valence-electron chi connectivity index (χ0n) is 12.5. The number of allylic oxidation sites excluding steroid dienone is 1. The Morgan fingerprint density at radius 3 is 2.37 bits per heavy atom. The van der Waals surface area contributed by atoms with Crippen LogP contribution in [0.2, 0.25) is 0 Å². The second-order valence-corrected chi connectivity index (χ2v) is 4.88. The Morgan fingerprint density at radius 1 is 1.26 bits per heavy atom. The quantitative estimate of drug-likeness (QED) is 0.467. The highest BCUT2D eigenvalue weighted by atomic mass is 16.5. The van der Waals surface area contributed by atoms with Gasteiger partial charge in [0.15, 0.2) is 0 Å². The fourth-order valence-electron chi connectivity index (χ4n) is 1.74. The lowest BCUT2D eigenvalue weighted by Crippen LogP contribution is -2.11. The van der Waals surface area contributed by atoms with Gasteiger partial charge < -0.3 is 9.47 Å². The molecule has 3 nitrogen and oxygen atoms in total. The van der Waals surface area contributed by atoms with Gasteiger partial charge in [-0.25, -0.2) is 4.79 Å². The molecule has 0 aliphatic rings. The first-order chi connectivity index (χ1) is 8.90. The van der Waals surface area contributed by atoms with Crippen LogP contribution in [0.1, 0.15) is 44.7 Å². The minimum atomic E-state index is -0.311. The number of esters is 1. The van der Waals surface area contributed by atoms with Crippen LogP contribution in [0.15, 0.2) is 23.8 Å². The van der Waals surface area contributed by atoms with Crippen molar-refractivity contribution in [3.63, 3.8) is 0 Å². The van der Waals surface area contributed by atoms with Crippen LogP contribution in [-0.4, -0.2) is 13.1 Å². The first-order valence-corrected chi connectivity index (χ1v) is 6.44. The number of rotatable bonds is 4. The van der Waals surface area contributed by atoms with Crippen LogP contribution in [0.5, 0.6) is 11.5 Å². The van der Waals surface area contributed by atoms with E-state index in [4.69, 9.17) is 9.47 Å². The van der Waals surface area contributed by atoms with Crippen molar-refractivity contribution in [3.8, 4) is 11.5 Å². The summed E-state index contributed by atoms with van der Waals surface area (Å²) >= 11 is 0. The Kier molecular flexibility index (Phi) is 5.16. The predicted octanol–water partition coefficient (Wildman–Crippen LogP) is 4.00. The van der Waals surface area contributed by atoms with E-state index in [9.17, 15) is 4.79 Å². The van der Waals surface area contributed by atoms with E-state index >= 15 is 0 Å². The minimum absolute atomic E-state index is 0.253. The van der Waals surface area contributed by atoms with Crippen molar-refractivity contribution < 1.29 is 14.3 Å². The standard InChI is InChI=1S/C16H22O3/c1-7-11(4)16(17)19-15-8-12(5)14(18-6)9-13(15)10(2)3/h7-10H,1-6H3/b11-7+.